The van der Waals surface area contributed by atoms with Crippen molar-refractivity contribution in [3.8, 4) is 5.69 Å². The maximum Gasteiger partial charge on any atom is 0.332 e. The summed E-state index contributed by atoms with van der Waals surface area (Å²) in [6.45, 7) is 3.66. The second kappa shape index (κ2) is 9.05. The van der Waals surface area contributed by atoms with Crippen LogP contribution < -0.4 is 15.3 Å². The lowest BCUT2D eigenvalue weighted by Crippen LogP contribution is -2.48. The van der Waals surface area contributed by atoms with E-state index >= 15 is 0 Å². The number of hydrogen-bond acceptors (Lipinski definition) is 3. The minimum Gasteiger partial charge on any atom is -0.291 e. The highest BCUT2D eigenvalue weighted by Crippen LogP contribution is 2.59. The number of carbonyl (C=O) groups excluding carboxylic acids is 1. The number of urea groups is 1. The zero-order valence-corrected chi connectivity index (χ0v) is 21.4. The predicted octanol–water partition coefficient (Wildman–Crippen LogP) is 6.35. The van der Waals surface area contributed by atoms with Gasteiger partial charge in [0, 0.05) is 13.1 Å². The van der Waals surface area contributed by atoms with Crippen LogP contribution in [0, 0.1) is 6.92 Å². The minimum absolute atomic E-state index is 0.273. The van der Waals surface area contributed by atoms with Gasteiger partial charge in [0.05, 0.1) is 32.4 Å². The van der Waals surface area contributed by atoms with E-state index in [1.165, 1.54) is 12.8 Å². The van der Waals surface area contributed by atoms with Crippen molar-refractivity contribution in [2.24, 2.45) is 0 Å². The topological polar surface area (TPSA) is 53.4 Å². The fourth-order valence-electron chi connectivity index (χ4n) is 4.60. The van der Waals surface area contributed by atoms with Crippen molar-refractivity contribution in [2.45, 2.75) is 32.6 Å². The summed E-state index contributed by atoms with van der Waals surface area (Å²) in [5.74, 6) is 0.660. The van der Waals surface area contributed by atoms with Crippen LogP contribution in [0.4, 0.5) is 16.3 Å². The molecule has 2 aliphatic rings. The second-order valence-corrected chi connectivity index (χ2v) is 13.1. The van der Waals surface area contributed by atoms with E-state index in [4.69, 9.17) is 40.1 Å². The molecule has 0 radical (unpaired) electrons. The Morgan fingerprint density at radius 2 is 1.67 bits per heavy atom. The first-order valence-corrected chi connectivity index (χ1v) is 14.5. The van der Waals surface area contributed by atoms with Crippen LogP contribution in [0.1, 0.15) is 31.4 Å². The number of carbonyl (C=O) groups is 1. The molecule has 1 unspecified atom stereocenters. The van der Waals surface area contributed by atoms with Crippen LogP contribution in [-0.2, 0) is 11.8 Å². The van der Waals surface area contributed by atoms with Gasteiger partial charge < -0.3 is 0 Å². The molecule has 3 heterocycles. The fraction of sp³-hybridized carbons (Fsp3) is 0.304. The van der Waals surface area contributed by atoms with E-state index in [9.17, 15) is 4.79 Å². The molecule has 1 saturated heterocycles. The number of aryl methyl sites for hydroxylation is 1. The quantitative estimate of drug-likeness (QED) is 0.409. The predicted molar refractivity (Wildman–Crippen MR) is 140 cm³/mol. The molecule has 0 spiro atoms. The molecule has 1 N–H and O–H groups in total. The number of anilines is 2. The first kappa shape index (κ1) is 22.9. The normalized spacial score (nSPS) is 21.4. The number of aromatic nitrogens is 2. The Bertz CT molecular complexity index is 1260. The standard InChI is InChI=1S/C23H24Cl2N5OPS/c1-16-21-22(29(27-16)17-9-5-4-6-10-17)26-23(31)30(18-11-12-19(24)20(25)15-18)32(21,33)28-13-7-2-3-8-14-28/h4-6,9-12,15H,2-3,7-8,13-14H2,1H3,(H,26,31). The molecule has 5 rings (SSSR count). The zero-order valence-electron chi connectivity index (χ0n) is 18.2. The lowest BCUT2D eigenvalue weighted by atomic mass is 10.2. The summed E-state index contributed by atoms with van der Waals surface area (Å²) in [7, 11) is 0. The Kier molecular flexibility index (Phi) is 6.27. The lowest BCUT2D eigenvalue weighted by molar-refractivity contribution is 0.259. The van der Waals surface area contributed by atoms with Crippen molar-refractivity contribution in [3.63, 3.8) is 0 Å². The van der Waals surface area contributed by atoms with Gasteiger partial charge in [0.1, 0.15) is 12.2 Å². The van der Waals surface area contributed by atoms with Crippen LogP contribution in [0.3, 0.4) is 0 Å². The first-order valence-electron chi connectivity index (χ1n) is 11.0. The minimum atomic E-state index is -2.76. The van der Waals surface area contributed by atoms with Crippen molar-refractivity contribution in [1.29, 1.82) is 0 Å². The third-order valence-corrected chi connectivity index (χ3v) is 11.8. The number of rotatable bonds is 3. The van der Waals surface area contributed by atoms with Gasteiger partial charge in [-0.25, -0.2) is 14.1 Å². The molecule has 10 heteroatoms. The van der Waals surface area contributed by atoms with Gasteiger partial charge in [-0.15, -0.1) is 0 Å². The SMILES string of the molecule is Cc1nn(-c2ccccc2)c2c1P(=S)(N1CCCCCC1)N(c1ccc(Cl)c(Cl)c1)C(=O)N2. The van der Waals surface area contributed by atoms with E-state index < -0.39 is 6.34 Å². The Labute approximate surface area is 208 Å². The maximum absolute atomic E-state index is 13.7. The Morgan fingerprint density at radius 1 is 0.970 bits per heavy atom. The number of nitrogens with one attached hydrogen (secondary N) is 1. The number of para-hydroxylation sites is 1. The number of benzene rings is 2. The molecule has 0 aliphatic carbocycles. The van der Waals surface area contributed by atoms with Crippen molar-refractivity contribution < 1.29 is 4.79 Å². The van der Waals surface area contributed by atoms with Gasteiger partial charge in [0.25, 0.3) is 0 Å². The third-order valence-electron chi connectivity index (χ3n) is 6.12. The average Bonchev–Trinajstić information content (AvgIpc) is 2.97. The van der Waals surface area contributed by atoms with Gasteiger partial charge in [0.2, 0.25) is 0 Å². The van der Waals surface area contributed by atoms with Crippen molar-refractivity contribution >= 4 is 64.2 Å². The molecule has 6 nitrogen and oxygen atoms in total. The van der Waals surface area contributed by atoms with E-state index in [0.717, 1.165) is 42.6 Å². The van der Waals surface area contributed by atoms with Gasteiger partial charge in [-0.1, -0.05) is 66.0 Å². The first-order chi connectivity index (χ1) is 15.9. The number of hydrogen-bond donors (Lipinski definition) is 1. The molecule has 1 fully saturated rings. The molecule has 1 atom stereocenters. The fourth-order valence-corrected chi connectivity index (χ4v) is 9.73. The van der Waals surface area contributed by atoms with E-state index in [1.54, 1.807) is 21.5 Å². The summed E-state index contributed by atoms with van der Waals surface area (Å²) >= 11 is 19.1. The van der Waals surface area contributed by atoms with Crippen LogP contribution >= 0.6 is 29.5 Å². The van der Waals surface area contributed by atoms with Crippen LogP contribution in [-0.4, -0.2) is 33.6 Å². The van der Waals surface area contributed by atoms with Crippen molar-refractivity contribution in [1.82, 2.24) is 14.5 Å². The molecule has 172 valence electrons. The van der Waals surface area contributed by atoms with Crippen LogP contribution in [0.25, 0.3) is 5.69 Å². The number of halogens is 2. The number of nitrogens with zero attached hydrogens (tertiary/aromatic N) is 4. The lowest BCUT2D eigenvalue weighted by Gasteiger charge is -2.45. The molecule has 1 aromatic heterocycles. The van der Waals surface area contributed by atoms with E-state index in [0.29, 0.717) is 21.6 Å². The summed E-state index contributed by atoms with van der Waals surface area (Å²) < 4.78 is 5.88. The van der Waals surface area contributed by atoms with Crippen LogP contribution in [0.15, 0.2) is 48.5 Å². The van der Waals surface area contributed by atoms with E-state index in [2.05, 4.69) is 9.99 Å². The molecule has 2 aromatic carbocycles. The molecular weight excluding hydrogens is 496 g/mol. The zero-order chi connectivity index (χ0) is 23.2. The summed E-state index contributed by atoms with van der Waals surface area (Å²) in [4.78, 5) is 13.7. The molecule has 0 saturated carbocycles. The monoisotopic (exact) mass is 519 g/mol. The summed E-state index contributed by atoms with van der Waals surface area (Å²) in [6.07, 6.45) is 1.67. The summed E-state index contributed by atoms with van der Waals surface area (Å²) in [5, 5.41) is 9.67. The average molecular weight is 520 g/mol. The Hall–Kier alpha value is -1.89. The molecule has 33 heavy (non-hydrogen) atoms. The number of fused-ring (bicyclic) bond motifs is 1. The maximum atomic E-state index is 13.7. The molecular formula is C23H24Cl2N5OPS. The van der Waals surface area contributed by atoms with Gasteiger partial charge in [-0.05, 0) is 50.1 Å². The summed E-state index contributed by atoms with van der Waals surface area (Å²) in [5.41, 5.74) is 2.35. The Morgan fingerprint density at radius 3 is 2.33 bits per heavy atom. The highest BCUT2D eigenvalue weighted by Gasteiger charge is 2.47. The van der Waals surface area contributed by atoms with Gasteiger partial charge in [-0.2, -0.15) is 5.10 Å². The summed E-state index contributed by atoms with van der Waals surface area (Å²) in [6, 6.07) is 14.8. The highest BCUT2D eigenvalue weighted by molar-refractivity contribution is 8.18. The van der Waals surface area contributed by atoms with Gasteiger partial charge >= 0.3 is 6.03 Å². The van der Waals surface area contributed by atoms with Crippen molar-refractivity contribution in [3.05, 3.63) is 64.3 Å². The smallest absolute Gasteiger partial charge is 0.291 e. The molecule has 2 amide bonds. The highest BCUT2D eigenvalue weighted by atomic mass is 35.5. The van der Waals surface area contributed by atoms with Crippen molar-refractivity contribution in [2.75, 3.05) is 23.1 Å². The largest absolute Gasteiger partial charge is 0.332 e. The number of amides is 2. The van der Waals surface area contributed by atoms with Crippen LogP contribution in [0.2, 0.25) is 10.0 Å². The second-order valence-electron chi connectivity index (χ2n) is 8.28. The van der Waals surface area contributed by atoms with E-state index in [1.807, 2.05) is 43.3 Å². The van der Waals surface area contributed by atoms with Gasteiger partial charge in [-0.3, -0.25) is 9.99 Å². The van der Waals surface area contributed by atoms with Crippen LogP contribution in [0.5, 0.6) is 0 Å². The molecule has 2 aliphatic heterocycles. The molecule has 3 aromatic rings. The Balaban J connectivity index is 1.75. The van der Waals surface area contributed by atoms with E-state index in [-0.39, 0.29) is 6.03 Å². The third kappa shape index (κ3) is 3.90. The van der Waals surface area contributed by atoms with Gasteiger partial charge in [0.15, 0.2) is 0 Å². The molecule has 0 bridgehead atoms.